The van der Waals surface area contributed by atoms with E-state index < -0.39 is 6.29 Å². The number of nitrogens with zero attached hydrogens (tertiary/aromatic N) is 1. The Morgan fingerprint density at radius 3 is 2.30 bits per heavy atom. The fourth-order valence-corrected chi connectivity index (χ4v) is 8.83. The minimum atomic E-state index is -0.596. The Bertz CT molecular complexity index is 1770. The fourth-order valence-electron chi connectivity index (χ4n) is 8.83. The summed E-state index contributed by atoms with van der Waals surface area (Å²) in [6.07, 6.45) is 9.44. The third-order valence-corrected chi connectivity index (χ3v) is 11.7. The van der Waals surface area contributed by atoms with Crippen LogP contribution in [0, 0.1) is 5.92 Å². The number of aliphatic hydroxyl groups is 1. The van der Waals surface area contributed by atoms with Crippen molar-refractivity contribution in [1.29, 1.82) is 0 Å². The highest BCUT2D eigenvalue weighted by molar-refractivity contribution is 5.82. The minimum Gasteiger partial charge on any atom is -0.392 e. The van der Waals surface area contributed by atoms with Crippen LogP contribution < -0.4 is 16.0 Å². The van der Waals surface area contributed by atoms with Gasteiger partial charge in [-0.05, 0) is 99.1 Å². The Morgan fingerprint density at radius 2 is 1.56 bits per heavy atom. The summed E-state index contributed by atoms with van der Waals surface area (Å²) in [7, 11) is 0. The van der Waals surface area contributed by atoms with Gasteiger partial charge in [-0.1, -0.05) is 86.0 Å². The summed E-state index contributed by atoms with van der Waals surface area (Å²) in [6.45, 7) is 9.41. The van der Waals surface area contributed by atoms with Crippen LogP contribution in [0.1, 0.15) is 133 Å². The van der Waals surface area contributed by atoms with Gasteiger partial charge < -0.3 is 30.5 Å². The molecule has 3 aromatic carbocycles. The van der Waals surface area contributed by atoms with Gasteiger partial charge in [0.15, 0.2) is 6.29 Å². The SMILES string of the molecule is CC(=O)NCCCCCC(=O)NCc1cccc(-c2ccc(C3OC(CN4C(C(=O)NC(C)(C)C)CCC5CCCCC54)CC(c4ccc(CO)cc4)O3)cc2)c1. The van der Waals surface area contributed by atoms with E-state index in [4.69, 9.17) is 9.47 Å². The molecule has 0 radical (unpaired) electrons. The molecule has 4 N–H and O–H groups in total. The predicted octanol–water partition coefficient (Wildman–Crippen LogP) is 7.64. The van der Waals surface area contributed by atoms with E-state index in [9.17, 15) is 19.5 Å². The first kappa shape index (κ1) is 42.5. The first-order valence-electron chi connectivity index (χ1n) is 21.2. The van der Waals surface area contributed by atoms with E-state index in [1.165, 1.54) is 26.2 Å². The van der Waals surface area contributed by atoms with Crippen LogP contribution in [0.3, 0.4) is 0 Å². The Kier molecular flexibility index (Phi) is 15.0. The first-order valence-corrected chi connectivity index (χ1v) is 21.2. The number of carbonyl (C=O) groups is 3. The van der Waals surface area contributed by atoms with Crippen molar-refractivity contribution in [3.8, 4) is 11.1 Å². The molecule has 10 heteroatoms. The maximum absolute atomic E-state index is 13.8. The smallest absolute Gasteiger partial charge is 0.237 e. The largest absolute Gasteiger partial charge is 0.392 e. The van der Waals surface area contributed by atoms with E-state index in [1.807, 2.05) is 57.2 Å². The summed E-state index contributed by atoms with van der Waals surface area (Å²) >= 11 is 0. The van der Waals surface area contributed by atoms with Crippen molar-refractivity contribution in [2.75, 3.05) is 13.1 Å². The Balaban J connectivity index is 1.15. The quantitative estimate of drug-likeness (QED) is 0.117. The number of hydrogen-bond donors (Lipinski definition) is 4. The molecule has 308 valence electrons. The van der Waals surface area contributed by atoms with Gasteiger partial charge in [-0.2, -0.15) is 0 Å². The normalized spacial score (nSPS) is 23.9. The number of rotatable bonds is 15. The lowest BCUT2D eigenvalue weighted by Crippen LogP contribution is -2.61. The van der Waals surface area contributed by atoms with Crippen molar-refractivity contribution in [3.63, 3.8) is 0 Å². The maximum atomic E-state index is 13.8. The molecule has 6 atom stereocenters. The molecular weight excluding hydrogens is 717 g/mol. The molecule has 3 amide bonds. The highest BCUT2D eigenvalue weighted by Gasteiger charge is 2.44. The van der Waals surface area contributed by atoms with Crippen LogP contribution in [-0.4, -0.2) is 64.5 Å². The van der Waals surface area contributed by atoms with Crippen LogP contribution >= 0.6 is 0 Å². The number of benzene rings is 3. The predicted molar refractivity (Wildman–Crippen MR) is 223 cm³/mol. The molecule has 1 saturated carbocycles. The van der Waals surface area contributed by atoms with Crippen LogP contribution in [0.5, 0.6) is 0 Å². The van der Waals surface area contributed by atoms with E-state index >= 15 is 0 Å². The number of fused-ring (bicyclic) bond motifs is 1. The molecule has 3 aliphatic rings. The minimum absolute atomic E-state index is 0.0113. The maximum Gasteiger partial charge on any atom is 0.237 e. The molecule has 6 rings (SSSR count). The van der Waals surface area contributed by atoms with Gasteiger partial charge in [0.25, 0.3) is 0 Å². The molecule has 0 bridgehead atoms. The molecule has 6 unspecified atom stereocenters. The highest BCUT2D eigenvalue weighted by atomic mass is 16.7. The van der Waals surface area contributed by atoms with E-state index in [0.717, 1.165) is 71.9 Å². The molecule has 0 spiro atoms. The molecule has 1 aliphatic carbocycles. The molecule has 57 heavy (non-hydrogen) atoms. The summed E-state index contributed by atoms with van der Waals surface area (Å²) < 4.78 is 13.6. The number of piperidine rings is 1. The zero-order valence-corrected chi connectivity index (χ0v) is 34.4. The van der Waals surface area contributed by atoms with Crippen LogP contribution in [-0.2, 0) is 37.0 Å². The fraction of sp³-hybridized carbons (Fsp3) is 0.553. The second-order valence-corrected chi connectivity index (χ2v) is 17.4. The number of carbonyl (C=O) groups excluding carboxylic acids is 3. The first-order chi connectivity index (χ1) is 27.5. The van der Waals surface area contributed by atoms with Crippen LogP contribution in [0.25, 0.3) is 11.1 Å². The van der Waals surface area contributed by atoms with Crippen molar-refractivity contribution in [3.05, 3.63) is 95.1 Å². The monoisotopic (exact) mass is 780 g/mol. The topological polar surface area (TPSA) is 129 Å². The number of ether oxygens (including phenoxy) is 2. The standard InChI is InChI=1S/C47H64N4O6/c1-32(53)48-26-9-5-6-15-44(54)49-29-34-11-10-13-39(27-34)35-20-22-38(23-21-35)46-56-40(28-43(57-46)37-18-16-33(31-52)17-19-37)30-51-41-14-8-7-12-36(41)24-25-42(51)45(55)50-47(2,3)4/h10-11,13,16-23,27,36,40-43,46,52H,5-9,12,14-15,24-26,28-31H2,1-4H3,(H,48,53)(H,49,54)(H,50,55). The Morgan fingerprint density at radius 1 is 0.807 bits per heavy atom. The van der Waals surface area contributed by atoms with Crippen LogP contribution in [0.4, 0.5) is 0 Å². The van der Waals surface area contributed by atoms with E-state index in [0.29, 0.717) is 44.4 Å². The van der Waals surface area contributed by atoms with Gasteiger partial charge >= 0.3 is 0 Å². The third kappa shape index (κ3) is 12.2. The van der Waals surface area contributed by atoms with Crippen molar-refractivity contribution >= 4 is 17.7 Å². The lowest BCUT2D eigenvalue weighted by atomic mass is 9.75. The van der Waals surface area contributed by atoms with Gasteiger partial charge in [0.1, 0.15) is 0 Å². The third-order valence-electron chi connectivity index (χ3n) is 11.7. The highest BCUT2D eigenvalue weighted by Crippen LogP contribution is 2.42. The zero-order valence-electron chi connectivity index (χ0n) is 34.4. The van der Waals surface area contributed by atoms with Gasteiger partial charge in [0, 0.05) is 56.5 Å². The molecule has 10 nitrogen and oxygen atoms in total. The van der Waals surface area contributed by atoms with Crippen molar-refractivity contribution < 1.29 is 29.0 Å². The molecule has 2 heterocycles. The van der Waals surface area contributed by atoms with Gasteiger partial charge in [-0.25, -0.2) is 0 Å². The van der Waals surface area contributed by atoms with Crippen LogP contribution in [0.15, 0.2) is 72.8 Å². The van der Waals surface area contributed by atoms with Gasteiger partial charge in [-0.3, -0.25) is 19.3 Å². The number of nitrogens with one attached hydrogen (secondary N) is 3. The lowest BCUT2D eigenvalue weighted by Gasteiger charge is -2.50. The summed E-state index contributed by atoms with van der Waals surface area (Å²) in [5, 5.41) is 18.8. The van der Waals surface area contributed by atoms with Crippen LogP contribution in [0.2, 0.25) is 0 Å². The molecule has 0 aromatic heterocycles. The van der Waals surface area contributed by atoms with Crippen molar-refractivity contribution in [1.82, 2.24) is 20.9 Å². The zero-order chi connectivity index (χ0) is 40.4. The van der Waals surface area contributed by atoms with Gasteiger partial charge in [0.05, 0.1) is 24.9 Å². The lowest BCUT2D eigenvalue weighted by molar-refractivity contribution is -0.255. The van der Waals surface area contributed by atoms with Crippen molar-refractivity contribution in [2.45, 2.75) is 148 Å². The van der Waals surface area contributed by atoms with E-state index in [2.05, 4.69) is 57.2 Å². The summed E-state index contributed by atoms with van der Waals surface area (Å²) in [6, 6.07) is 24.8. The Labute approximate surface area is 339 Å². The number of unbranched alkanes of at least 4 members (excludes halogenated alkanes) is 2. The summed E-state index contributed by atoms with van der Waals surface area (Å²) in [4.78, 5) is 39.8. The molecule has 2 saturated heterocycles. The van der Waals surface area contributed by atoms with Gasteiger partial charge in [0.2, 0.25) is 17.7 Å². The molecule has 3 fully saturated rings. The molecular formula is C47H64N4O6. The summed E-state index contributed by atoms with van der Waals surface area (Å²) in [5.74, 6) is 0.719. The molecule has 3 aromatic rings. The second-order valence-electron chi connectivity index (χ2n) is 17.4. The van der Waals surface area contributed by atoms with E-state index in [-0.39, 0.29) is 48.1 Å². The Hall–Kier alpha value is -4.09. The average molecular weight is 781 g/mol. The number of likely N-dealkylation sites (tertiary alicyclic amines) is 1. The molecule has 2 aliphatic heterocycles. The summed E-state index contributed by atoms with van der Waals surface area (Å²) in [5.41, 5.74) is 5.67. The van der Waals surface area contributed by atoms with E-state index in [1.54, 1.807) is 0 Å². The second kappa shape index (κ2) is 20.1. The van der Waals surface area contributed by atoms with Gasteiger partial charge in [-0.15, -0.1) is 0 Å². The number of hydrogen-bond acceptors (Lipinski definition) is 7. The average Bonchev–Trinajstić information content (AvgIpc) is 3.20. The number of aliphatic hydroxyl groups excluding tert-OH is 1. The van der Waals surface area contributed by atoms with Crippen molar-refractivity contribution in [2.24, 2.45) is 5.92 Å². The number of amides is 3.